The van der Waals surface area contributed by atoms with Crippen LogP contribution in [0.15, 0.2) is 47.0 Å². The topological polar surface area (TPSA) is 99.9 Å². The molecule has 1 amide bonds. The van der Waals surface area contributed by atoms with E-state index in [0.29, 0.717) is 30.4 Å². The van der Waals surface area contributed by atoms with Crippen LogP contribution in [0.4, 0.5) is 14.5 Å². The summed E-state index contributed by atoms with van der Waals surface area (Å²) in [5.74, 6) is -1.57. The lowest BCUT2D eigenvalue weighted by Crippen LogP contribution is -2.21. The number of nitrogens with zero attached hydrogens (tertiary/aromatic N) is 1. The van der Waals surface area contributed by atoms with Crippen LogP contribution in [0.5, 0.6) is 11.5 Å². The van der Waals surface area contributed by atoms with Gasteiger partial charge in [-0.3, -0.25) is 9.59 Å². The Morgan fingerprint density at radius 1 is 1.06 bits per heavy atom. The summed E-state index contributed by atoms with van der Waals surface area (Å²) in [6, 6.07) is 8.45. The van der Waals surface area contributed by atoms with Gasteiger partial charge in [-0.2, -0.15) is 0 Å². The first kappa shape index (κ1) is 22.3. The van der Waals surface area contributed by atoms with Crippen molar-refractivity contribution in [2.75, 3.05) is 25.1 Å². The first-order valence-corrected chi connectivity index (χ1v) is 10.2. The van der Waals surface area contributed by atoms with Gasteiger partial charge in [0.25, 0.3) is 5.91 Å². The molecule has 0 unspecified atom stereocenters. The highest BCUT2D eigenvalue weighted by Gasteiger charge is 2.17. The first-order chi connectivity index (χ1) is 16.0. The standard InChI is InChI=1S/C23H20F2N2O6/c24-15-3-1-4-16(25)23(15)19-12-26-21(33-19)7-8-22(29)32-13-20(28)27-14-5-6-17-18(11-14)31-10-2-9-30-17/h1,3-6,11-12H,2,7-10,13H2,(H,27,28). The Morgan fingerprint density at radius 2 is 1.82 bits per heavy atom. The number of hydrogen-bond donors (Lipinski definition) is 1. The van der Waals surface area contributed by atoms with Gasteiger partial charge in [0.15, 0.2) is 29.8 Å². The number of ether oxygens (including phenoxy) is 3. The predicted octanol–water partition coefficient (Wildman–Crippen LogP) is 3.90. The van der Waals surface area contributed by atoms with E-state index in [9.17, 15) is 18.4 Å². The van der Waals surface area contributed by atoms with Crippen LogP contribution in [0, 0.1) is 11.6 Å². The van der Waals surface area contributed by atoms with Crippen molar-refractivity contribution in [2.45, 2.75) is 19.3 Å². The molecule has 0 saturated carbocycles. The zero-order chi connectivity index (χ0) is 23.2. The summed E-state index contributed by atoms with van der Waals surface area (Å²) < 4.78 is 49.1. The average molecular weight is 458 g/mol. The molecule has 3 aromatic rings. The Morgan fingerprint density at radius 3 is 2.61 bits per heavy atom. The summed E-state index contributed by atoms with van der Waals surface area (Å²) in [5, 5.41) is 2.62. The molecule has 8 nitrogen and oxygen atoms in total. The van der Waals surface area contributed by atoms with Crippen LogP contribution >= 0.6 is 0 Å². The van der Waals surface area contributed by atoms with Gasteiger partial charge in [-0.05, 0) is 24.3 Å². The molecule has 0 atom stereocenters. The summed E-state index contributed by atoms with van der Waals surface area (Å²) in [5.41, 5.74) is 0.151. The molecule has 2 heterocycles. The molecule has 10 heteroatoms. The molecule has 0 bridgehead atoms. The molecule has 4 rings (SSSR count). The molecule has 1 aliphatic heterocycles. The van der Waals surface area contributed by atoms with Crippen LogP contribution in [-0.4, -0.2) is 36.7 Å². The Hall–Kier alpha value is -3.95. The van der Waals surface area contributed by atoms with Crippen LogP contribution in [-0.2, 0) is 20.7 Å². The number of carbonyl (C=O) groups excluding carboxylic acids is 2. The maximum absolute atomic E-state index is 13.8. The van der Waals surface area contributed by atoms with E-state index in [2.05, 4.69) is 10.3 Å². The van der Waals surface area contributed by atoms with Gasteiger partial charge in [0, 0.05) is 24.6 Å². The number of oxazole rings is 1. The molecule has 0 aliphatic carbocycles. The van der Waals surface area contributed by atoms with E-state index in [0.717, 1.165) is 18.6 Å². The molecule has 0 spiro atoms. The van der Waals surface area contributed by atoms with E-state index in [4.69, 9.17) is 18.6 Å². The van der Waals surface area contributed by atoms with Crippen molar-refractivity contribution in [3.05, 3.63) is 60.1 Å². The van der Waals surface area contributed by atoms with Gasteiger partial charge in [-0.15, -0.1) is 0 Å². The molecule has 0 radical (unpaired) electrons. The number of halogens is 2. The van der Waals surface area contributed by atoms with E-state index in [1.165, 1.54) is 12.3 Å². The van der Waals surface area contributed by atoms with Crippen molar-refractivity contribution >= 4 is 17.6 Å². The van der Waals surface area contributed by atoms with Crippen LogP contribution in [0.25, 0.3) is 11.3 Å². The van der Waals surface area contributed by atoms with E-state index in [1.807, 2.05) is 0 Å². The third-order valence-corrected chi connectivity index (χ3v) is 4.70. The molecule has 1 aliphatic rings. The van der Waals surface area contributed by atoms with E-state index in [-0.39, 0.29) is 30.1 Å². The normalized spacial score (nSPS) is 12.7. The minimum atomic E-state index is -0.781. The first-order valence-electron chi connectivity index (χ1n) is 10.2. The molecular weight excluding hydrogens is 438 g/mol. The molecule has 1 N–H and O–H groups in total. The molecular formula is C23H20F2N2O6. The zero-order valence-electron chi connectivity index (χ0n) is 17.4. The number of esters is 1. The Kier molecular flexibility index (Phi) is 6.82. The molecule has 2 aromatic carbocycles. The highest BCUT2D eigenvalue weighted by molar-refractivity contribution is 5.93. The van der Waals surface area contributed by atoms with Crippen molar-refractivity contribution in [1.82, 2.24) is 4.98 Å². The highest BCUT2D eigenvalue weighted by Crippen LogP contribution is 2.32. The number of carbonyl (C=O) groups is 2. The van der Waals surface area contributed by atoms with Crippen molar-refractivity contribution in [2.24, 2.45) is 0 Å². The maximum Gasteiger partial charge on any atom is 0.306 e. The largest absolute Gasteiger partial charge is 0.490 e. The fourth-order valence-electron chi connectivity index (χ4n) is 3.14. The van der Waals surface area contributed by atoms with E-state index >= 15 is 0 Å². The predicted molar refractivity (Wildman–Crippen MR) is 112 cm³/mol. The fraction of sp³-hybridized carbons (Fsp3) is 0.261. The number of nitrogens with one attached hydrogen (secondary N) is 1. The lowest BCUT2D eigenvalue weighted by Gasteiger charge is -2.10. The van der Waals surface area contributed by atoms with Crippen molar-refractivity contribution in [1.29, 1.82) is 0 Å². The van der Waals surface area contributed by atoms with E-state index < -0.39 is 30.1 Å². The summed E-state index contributed by atoms with van der Waals surface area (Å²) in [6.07, 6.45) is 1.86. The van der Waals surface area contributed by atoms with E-state index in [1.54, 1.807) is 18.2 Å². The van der Waals surface area contributed by atoms with Crippen LogP contribution < -0.4 is 14.8 Å². The Labute approximate surface area is 187 Å². The molecule has 172 valence electrons. The maximum atomic E-state index is 13.8. The number of aromatic nitrogens is 1. The van der Waals surface area contributed by atoms with Crippen molar-refractivity contribution < 1.29 is 37.0 Å². The monoisotopic (exact) mass is 458 g/mol. The SMILES string of the molecule is O=C(COC(=O)CCc1ncc(-c2c(F)cccc2F)o1)Nc1ccc2c(c1)OCCCO2. The third kappa shape index (κ3) is 5.65. The van der Waals surface area contributed by atoms with Gasteiger partial charge < -0.3 is 23.9 Å². The minimum Gasteiger partial charge on any atom is -0.490 e. The van der Waals surface area contributed by atoms with Crippen LogP contribution in [0.2, 0.25) is 0 Å². The van der Waals surface area contributed by atoms with Gasteiger partial charge >= 0.3 is 5.97 Å². The van der Waals surface area contributed by atoms with Gasteiger partial charge in [-0.1, -0.05) is 6.07 Å². The zero-order valence-corrected chi connectivity index (χ0v) is 17.4. The Balaban J connectivity index is 1.24. The molecule has 33 heavy (non-hydrogen) atoms. The summed E-state index contributed by atoms with van der Waals surface area (Å²) in [7, 11) is 0. The highest BCUT2D eigenvalue weighted by atomic mass is 19.1. The number of rotatable bonds is 7. The summed E-state index contributed by atoms with van der Waals surface area (Å²) in [6.45, 7) is 0.595. The molecule has 0 saturated heterocycles. The Bertz CT molecular complexity index is 1140. The smallest absolute Gasteiger partial charge is 0.306 e. The summed E-state index contributed by atoms with van der Waals surface area (Å²) >= 11 is 0. The number of fused-ring (bicyclic) bond motifs is 1. The number of hydrogen-bond acceptors (Lipinski definition) is 7. The molecule has 0 fully saturated rings. The molecule has 1 aromatic heterocycles. The quantitative estimate of drug-likeness (QED) is 0.536. The number of amides is 1. The average Bonchev–Trinajstić information content (AvgIpc) is 3.13. The van der Waals surface area contributed by atoms with Gasteiger partial charge in [0.2, 0.25) is 0 Å². The fourth-order valence-corrected chi connectivity index (χ4v) is 3.14. The van der Waals surface area contributed by atoms with Crippen LogP contribution in [0.1, 0.15) is 18.7 Å². The van der Waals surface area contributed by atoms with Gasteiger partial charge in [0.1, 0.15) is 11.6 Å². The second-order valence-corrected chi connectivity index (χ2v) is 7.14. The summed E-state index contributed by atoms with van der Waals surface area (Å²) in [4.78, 5) is 28.0. The number of anilines is 1. The van der Waals surface area contributed by atoms with Gasteiger partial charge in [-0.25, -0.2) is 13.8 Å². The minimum absolute atomic E-state index is 0.0404. The number of aryl methyl sites for hydroxylation is 1. The lowest BCUT2D eigenvalue weighted by molar-refractivity contribution is -0.147. The third-order valence-electron chi connectivity index (χ3n) is 4.70. The van der Waals surface area contributed by atoms with Crippen molar-refractivity contribution in [3.63, 3.8) is 0 Å². The number of benzene rings is 2. The second-order valence-electron chi connectivity index (χ2n) is 7.14. The van der Waals surface area contributed by atoms with Crippen molar-refractivity contribution in [3.8, 4) is 22.8 Å². The van der Waals surface area contributed by atoms with Gasteiger partial charge in [0.05, 0.1) is 31.4 Å². The van der Waals surface area contributed by atoms with Crippen LogP contribution in [0.3, 0.4) is 0 Å². The second kappa shape index (κ2) is 10.1. The lowest BCUT2D eigenvalue weighted by atomic mass is 10.1.